The first-order chi connectivity index (χ1) is 12.3. The van der Waals surface area contributed by atoms with Crippen LogP contribution in [0.2, 0.25) is 0 Å². The van der Waals surface area contributed by atoms with Crippen molar-refractivity contribution in [3.63, 3.8) is 0 Å². The number of benzene rings is 1. The zero-order valence-corrected chi connectivity index (χ0v) is 15.7. The quantitative estimate of drug-likeness (QED) is 0.582. The van der Waals surface area contributed by atoms with Gasteiger partial charge in [-0.25, -0.2) is 4.79 Å². The monoisotopic (exact) mass is 367 g/mol. The van der Waals surface area contributed by atoms with Gasteiger partial charge in [-0.2, -0.15) is 0 Å². The highest BCUT2D eigenvalue weighted by molar-refractivity contribution is 5.69. The molecule has 2 unspecified atom stereocenters. The van der Waals surface area contributed by atoms with Gasteiger partial charge in [0, 0.05) is 25.2 Å². The molecule has 26 heavy (non-hydrogen) atoms. The van der Waals surface area contributed by atoms with E-state index < -0.39 is 11.0 Å². The van der Waals surface area contributed by atoms with E-state index in [2.05, 4.69) is 4.90 Å². The standard InChI is InChI=1S/C17H25N3O6/c1-11-8-18(3)9-12(2)19(11)17(21)26-10-13-6-15(24-4)16(25-5)7-14(13)20(22)23/h6-7,11-12H,8-10H2,1-5H3. The van der Waals surface area contributed by atoms with Gasteiger partial charge in [0.15, 0.2) is 11.5 Å². The Balaban J connectivity index is 2.17. The van der Waals surface area contributed by atoms with Crippen LogP contribution in [0.3, 0.4) is 0 Å². The molecule has 1 aromatic rings. The lowest BCUT2D eigenvalue weighted by Gasteiger charge is -2.42. The minimum Gasteiger partial charge on any atom is -0.493 e. The largest absolute Gasteiger partial charge is 0.493 e. The third kappa shape index (κ3) is 4.16. The second-order valence-electron chi connectivity index (χ2n) is 6.47. The van der Waals surface area contributed by atoms with Crippen molar-refractivity contribution in [3.05, 3.63) is 27.8 Å². The molecule has 0 bridgehead atoms. The number of nitro groups is 1. The summed E-state index contributed by atoms with van der Waals surface area (Å²) in [6.45, 7) is 5.17. The first-order valence-corrected chi connectivity index (χ1v) is 8.31. The number of methoxy groups -OCH3 is 2. The lowest BCUT2D eigenvalue weighted by atomic mass is 10.1. The van der Waals surface area contributed by atoms with E-state index in [0.29, 0.717) is 5.75 Å². The van der Waals surface area contributed by atoms with Crippen LogP contribution < -0.4 is 9.47 Å². The molecule has 2 atom stereocenters. The lowest BCUT2D eigenvalue weighted by molar-refractivity contribution is -0.385. The Bertz CT molecular complexity index is 669. The highest BCUT2D eigenvalue weighted by Crippen LogP contribution is 2.35. The molecule has 0 aromatic heterocycles. The number of piperazine rings is 1. The van der Waals surface area contributed by atoms with Crippen LogP contribution in [0.4, 0.5) is 10.5 Å². The van der Waals surface area contributed by atoms with Crippen molar-refractivity contribution in [3.8, 4) is 11.5 Å². The van der Waals surface area contributed by atoms with Crippen molar-refractivity contribution in [2.45, 2.75) is 32.5 Å². The molecule has 144 valence electrons. The summed E-state index contributed by atoms with van der Waals surface area (Å²) in [6, 6.07) is 2.72. The SMILES string of the molecule is COc1cc(COC(=O)N2C(C)CN(C)CC2C)c([N+](=O)[O-])cc1OC. The molecule has 1 saturated heterocycles. The Morgan fingerprint density at radius 2 is 1.73 bits per heavy atom. The first-order valence-electron chi connectivity index (χ1n) is 8.31. The van der Waals surface area contributed by atoms with Crippen LogP contribution in [0.25, 0.3) is 0 Å². The predicted octanol–water partition coefficient (Wildman–Crippen LogP) is 2.27. The molecule has 1 aromatic carbocycles. The fourth-order valence-corrected chi connectivity index (χ4v) is 3.36. The number of amides is 1. The fourth-order valence-electron chi connectivity index (χ4n) is 3.36. The molecular weight excluding hydrogens is 342 g/mol. The van der Waals surface area contributed by atoms with Gasteiger partial charge >= 0.3 is 6.09 Å². The molecule has 0 radical (unpaired) electrons. The number of rotatable bonds is 5. The van der Waals surface area contributed by atoms with E-state index >= 15 is 0 Å². The molecule has 1 amide bonds. The van der Waals surface area contributed by atoms with E-state index in [9.17, 15) is 14.9 Å². The molecule has 0 aliphatic carbocycles. The zero-order chi connectivity index (χ0) is 19.4. The third-order valence-electron chi connectivity index (χ3n) is 4.45. The molecule has 0 saturated carbocycles. The Morgan fingerprint density at radius 3 is 2.23 bits per heavy atom. The van der Waals surface area contributed by atoms with Crippen molar-refractivity contribution in [1.82, 2.24) is 9.80 Å². The van der Waals surface area contributed by atoms with Crippen molar-refractivity contribution in [1.29, 1.82) is 0 Å². The van der Waals surface area contributed by atoms with Crippen LogP contribution in [0.15, 0.2) is 12.1 Å². The van der Waals surface area contributed by atoms with Gasteiger partial charge in [-0.3, -0.25) is 10.1 Å². The van der Waals surface area contributed by atoms with Crippen molar-refractivity contribution < 1.29 is 23.9 Å². The minimum atomic E-state index is -0.535. The van der Waals surface area contributed by atoms with Crippen molar-refractivity contribution in [2.24, 2.45) is 0 Å². The Hall–Kier alpha value is -2.55. The number of carbonyl (C=O) groups is 1. The second-order valence-corrected chi connectivity index (χ2v) is 6.47. The molecule has 1 fully saturated rings. The minimum absolute atomic E-state index is 0.00311. The van der Waals surface area contributed by atoms with E-state index in [1.165, 1.54) is 26.4 Å². The van der Waals surface area contributed by atoms with E-state index in [0.717, 1.165) is 13.1 Å². The molecule has 9 heteroatoms. The Morgan fingerprint density at radius 1 is 1.19 bits per heavy atom. The number of hydrogen-bond donors (Lipinski definition) is 0. The normalized spacial score (nSPS) is 20.6. The van der Waals surface area contributed by atoms with Crippen LogP contribution in [0.1, 0.15) is 19.4 Å². The van der Waals surface area contributed by atoms with Gasteiger partial charge in [0.2, 0.25) is 0 Å². The van der Waals surface area contributed by atoms with Gasteiger partial charge in [0.05, 0.1) is 30.8 Å². The number of carbonyl (C=O) groups excluding carboxylic acids is 1. The van der Waals surface area contributed by atoms with Gasteiger partial charge in [-0.1, -0.05) is 0 Å². The van der Waals surface area contributed by atoms with E-state index in [1.54, 1.807) is 4.90 Å². The second kappa shape index (κ2) is 8.22. The first kappa shape index (κ1) is 19.8. The van der Waals surface area contributed by atoms with Crippen LogP contribution in [0, 0.1) is 10.1 Å². The maximum absolute atomic E-state index is 12.5. The summed E-state index contributed by atoms with van der Waals surface area (Å²) in [4.78, 5) is 27.1. The fraction of sp³-hybridized carbons (Fsp3) is 0.588. The lowest BCUT2D eigenvalue weighted by Crippen LogP contribution is -2.57. The van der Waals surface area contributed by atoms with E-state index in [-0.39, 0.29) is 35.7 Å². The van der Waals surface area contributed by atoms with Crippen LogP contribution >= 0.6 is 0 Å². The highest BCUT2D eigenvalue weighted by Gasteiger charge is 2.33. The molecule has 2 rings (SSSR count). The predicted molar refractivity (Wildman–Crippen MR) is 94.6 cm³/mol. The summed E-state index contributed by atoms with van der Waals surface area (Å²) in [5.41, 5.74) is 0.0605. The molecule has 9 nitrogen and oxygen atoms in total. The van der Waals surface area contributed by atoms with Gasteiger partial charge in [0.25, 0.3) is 5.69 Å². The van der Waals surface area contributed by atoms with Crippen molar-refractivity contribution in [2.75, 3.05) is 34.4 Å². The van der Waals surface area contributed by atoms with Crippen molar-refractivity contribution >= 4 is 11.8 Å². The van der Waals surface area contributed by atoms with Crippen LogP contribution in [0.5, 0.6) is 11.5 Å². The number of ether oxygens (including phenoxy) is 3. The summed E-state index contributed by atoms with van der Waals surface area (Å²) in [5.74, 6) is 0.584. The number of nitrogens with zero attached hydrogens (tertiary/aromatic N) is 3. The molecular formula is C17H25N3O6. The smallest absolute Gasteiger partial charge is 0.410 e. The molecule has 0 N–H and O–H groups in total. The Kier molecular flexibility index (Phi) is 6.25. The van der Waals surface area contributed by atoms with E-state index in [4.69, 9.17) is 14.2 Å². The molecule has 1 aliphatic heterocycles. The maximum atomic E-state index is 12.5. The average Bonchev–Trinajstić information content (AvgIpc) is 2.57. The molecule has 1 heterocycles. The summed E-state index contributed by atoms with van der Waals surface area (Å²) >= 11 is 0. The van der Waals surface area contributed by atoms with Crippen LogP contribution in [-0.4, -0.2) is 67.3 Å². The van der Waals surface area contributed by atoms with Crippen LogP contribution in [-0.2, 0) is 11.3 Å². The summed E-state index contributed by atoms with van der Waals surface area (Å²) in [7, 11) is 4.84. The number of likely N-dealkylation sites (N-methyl/N-ethyl adjacent to an activating group) is 1. The van der Waals surface area contributed by atoms with Gasteiger partial charge in [-0.15, -0.1) is 0 Å². The summed E-state index contributed by atoms with van der Waals surface area (Å²) in [5, 5.41) is 11.3. The number of hydrogen-bond acceptors (Lipinski definition) is 7. The van der Waals surface area contributed by atoms with E-state index in [1.807, 2.05) is 20.9 Å². The average molecular weight is 367 g/mol. The van der Waals surface area contributed by atoms with Gasteiger partial charge < -0.3 is 24.0 Å². The third-order valence-corrected chi connectivity index (χ3v) is 4.45. The maximum Gasteiger partial charge on any atom is 0.410 e. The highest BCUT2D eigenvalue weighted by atomic mass is 16.6. The van der Waals surface area contributed by atoms with Gasteiger partial charge in [-0.05, 0) is 27.0 Å². The zero-order valence-electron chi connectivity index (χ0n) is 15.7. The number of nitro benzene ring substituents is 1. The molecule has 0 spiro atoms. The summed E-state index contributed by atoms with van der Waals surface area (Å²) < 4.78 is 15.6. The Labute approximate surface area is 152 Å². The summed E-state index contributed by atoms with van der Waals surface area (Å²) in [6.07, 6.45) is -0.484. The molecule has 1 aliphatic rings. The topological polar surface area (TPSA) is 94.4 Å². The van der Waals surface area contributed by atoms with Gasteiger partial charge in [0.1, 0.15) is 6.61 Å².